The van der Waals surface area contributed by atoms with Crippen LogP contribution in [-0.2, 0) is 35.7 Å². The minimum Gasteiger partial charge on any atom is -0.436 e. The Morgan fingerprint density at radius 1 is 0.684 bits per heavy atom. The molecule has 0 saturated carbocycles. The van der Waals surface area contributed by atoms with E-state index in [-0.39, 0.29) is 13.2 Å². The molecule has 2 amide bonds. The topological polar surface area (TPSA) is 142 Å². The molecule has 3 aromatic rings. The molecule has 0 atom stereocenters. The van der Waals surface area contributed by atoms with Crippen molar-refractivity contribution >= 4 is 12.2 Å². The van der Waals surface area contributed by atoms with Crippen molar-refractivity contribution in [1.82, 2.24) is 15.6 Å². The van der Waals surface area contributed by atoms with Gasteiger partial charge in [0.1, 0.15) is 11.4 Å². The maximum absolute atomic E-state index is 11.9. The smallest absolute Gasteiger partial charge is 0.408 e. The number of carbonyl (C=O) groups is 2. The van der Waals surface area contributed by atoms with Gasteiger partial charge in [-0.1, -0.05) is 66.4 Å². The predicted molar refractivity (Wildman–Crippen MR) is 143 cm³/mol. The molecule has 0 spiro atoms. The Morgan fingerprint density at radius 2 is 1.11 bits per heavy atom. The summed E-state index contributed by atoms with van der Waals surface area (Å²) in [5.74, 6) is 11.2. The van der Waals surface area contributed by atoms with Gasteiger partial charge in [0.25, 0.3) is 0 Å². The molecule has 0 aliphatic rings. The minimum absolute atomic E-state index is 0.0915. The van der Waals surface area contributed by atoms with Crippen LogP contribution in [0.4, 0.5) is 9.59 Å². The summed E-state index contributed by atoms with van der Waals surface area (Å²) in [7, 11) is 0. The normalized spacial score (nSPS) is 9.74. The first-order chi connectivity index (χ1) is 18.6. The fourth-order valence-corrected chi connectivity index (χ4v) is 3.21. The fourth-order valence-electron chi connectivity index (χ4n) is 3.21. The van der Waals surface area contributed by atoms with Crippen molar-refractivity contribution < 1.29 is 19.1 Å². The van der Waals surface area contributed by atoms with Crippen LogP contribution in [0.25, 0.3) is 0 Å². The van der Waals surface area contributed by atoms with Crippen molar-refractivity contribution in [3.63, 3.8) is 0 Å². The Hall–Kier alpha value is -4.83. The lowest BCUT2D eigenvalue weighted by Crippen LogP contribution is -2.24. The second-order valence-electron chi connectivity index (χ2n) is 7.92. The number of hydrogen-bond acceptors (Lipinski definition) is 7. The molecule has 0 aliphatic heterocycles. The molecular formula is C29H29N5O4. The third-order valence-corrected chi connectivity index (χ3v) is 5.06. The van der Waals surface area contributed by atoms with Crippen molar-refractivity contribution in [2.45, 2.75) is 26.2 Å². The van der Waals surface area contributed by atoms with E-state index >= 15 is 0 Å². The van der Waals surface area contributed by atoms with Crippen molar-refractivity contribution in [1.29, 1.82) is 0 Å². The van der Waals surface area contributed by atoms with Gasteiger partial charge in [-0.2, -0.15) is 0 Å². The zero-order chi connectivity index (χ0) is 27.0. The molecular weight excluding hydrogens is 482 g/mol. The van der Waals surface area contributed by atoms with Crippen LogP contribution in [0.3, 0.4) is 0 Å². The van der Waals surface area contributed by atoms with Gasteiger partial charge in [-0.3, -0.25) is 0 Å². The van der Waals surface area contributed by atoms with Crippen LogP contribution < -0.4 is 22.1 Å². The van der Waals surface area contributed by atoms with Crippen molar-refractivity contribution in [2.75, 3.05) is 13.2 Å². The van der Waals surface area contributed by atoms with E-state index in [9.17, 15) is 9.59 Å². The Kier molecular flexibility index (Phi) is 11.2. The van der Waals surface area contributed by atoms with Crippen LogP contribution >= 0.6 is 0 Å². The number of nitrogens with zero attached hydrogens (tertiary/aromatic N) is 1. The second kappa shape index (κ2) is 15.3. The number of carbonyl (C=O) groups excluding carboxylic acids is 2. The number of rotatable bonds is 8. The Morgan fingerprint density at radius 3 is 1.55 bits per heavy atom. The van der Waals surface area contributed by atoms with Crippen LogP contribution in [0, 0.1) is 23.7 Å². The van der Waals surface area contributed by atoms with Gasteiger partial charge in [-0.25, -0.2) is 14.6 Å². The van der Waals surface area contributed by atoms with Gasteiger partial charge in [-0.05, 0) is 46.2 Å². The number of pyridine rings is 1. The van der Waals surface area contributed by atoms with E-state index in [1.54, 1.807) is 18.2 Å². The first-order valence-electron chi connectivity index (χ1n) is 11.9. The summed E-state index contributed by atoms with van der Waals surface area (Å²) in [6.07, 6.45) is -1.14. The zero-order valence-corrected chi connectivity index (χ0v) is 20.8. The lowest BCUT2D eigenvalue weighted by Gasteiger charge is -2.06. The van der Waals surface area contributed by atoms with E-state index in [0.717, 1.165) is 22.3 Å². The number of amides is 2. The van der Waals surface area contributed by atoms with Crippen LogP contribution in [0.5, 0.6) is 0 Å². The molecule has 9 nitrogen and oxygen atoms in total. The molecule has 0 saturated heterocycles. The van der Waals surface area contributed by atoms with E-state index in [4.69, 9.17) is 20.9 Å². The number of benzene rings is 2. The van der Waals surface area contributed by atoms with Gasteiger partial charge in [0, 0.05) is 26.2 Å². The lowest BCUT2D eigenvalue weighted by molar-refractivity contribution is 0.158. The third-order valence-electron chi connectivity index (χ3n) is 5.06. The molecule has 6 N–H and O–H groups in total. The van der Waals surface area contributed by atoms with Gasteiger partial charge in [0.05, 0.1) is 0 Å². The number of nitrogens with one attached hydrogen (secondary N) is 2. The van der Waals surface area contributed by atoms with E-state index in [1.165, 1.54) is 0 Å². The Balaban J connectivity index is 1.37. The molecule has 0 aliphatic carbocycles. The van der Waals surface area contributed by atoms with Crippen molar-refractivity contribution in [3.8, 4) is 23.7 Å². The van der Waals surface area contributed by atoms with Gasteiger partial charge in [-0.15, -0.1) is 0 Å². The molecule has 194 valence electrons. The highest BCUT2D eigenvalue weighted by atomic mass is 16.6. The highest BCUT2D eigenvalue weighted by Crippen LogP contribution is 2.05. The standard InChI is InChI=1S/C29H29N5O4/c30-18-22-6-1-8-24(16-22)20-32-28(35)37-14-4-12-26-10-3-11-27(34-26)13-5-15-38-29(36)33-21-25-9-2-7-23(17-25)19-31/h1-3,6-11,16-17H,14-15,18-21,30-31H2,(H,32,35)(H,33,36). The first kappa shape index (κ1) is 27.8. The third kappa shape index (κ3) is 10.0. The number of alkyl carbamates (subject to hydrolysis) is 2. The molecule has 0 radical (unpaired) electrons. The van der Waals surface area contributed by atoms with E-state index < -0.39 is 12.2 Å². The summed E-state index contributed by atoms with van der Waals surface area (Å²) < 4.78 is 10.1. The lowest BCUT2D eigenvalue weighted by atomic mass is 10.1. The van der Waals surface area contributed by atoms with E-state index in [0.29, 0.717) is 37.6 Å². The molecule has 9 heteroatoms. The van der Waals surface area contributed by atoms with E-state index in [1.807, 2.05) is 48.5 Å². The van der Waals surface area contributed by atoms with Gasteiger partial charge >= 0.3 is 12.2 Å². The molecule has 0 bridgehead atoms. The maximum Gasteiger partial charge on any atom is 0.408 e. The molecule has 3 rings (SSSR count). The SMILES string of the molecule is NCc1cccc(CNC(=O)OCC#Cc2cccc(C#CCOC(=O)NCc3cccc(CN)c3)n2)c1. The molecule has 1 heterocycles. The molecule has 2 aromatic carbocycles. The van der Waals surface area contributed by atoms with Crippen LogP contribution in [0.15, 0.2) is 66.7 Å². The quantitative estimate of drug-likeness (QED) is 0.341. The van der Waals surface area contributed by atoms with Crippen LogP contribution in [0.1, 0.15) is 33.6 Å². The average molecular weight is 512 g/mol. The summed E-state index contributed by atoms with van der Waals surface area (Å²) in [6, 6.07) is 20.4. The average Bonchev–Trinajstić information content (AvgIpc) is 2.96. The number of nitrogens with two attached hydrogens (primary N) is 2. The van der Waals surface area contributed by atoms with E-state index in [2.05, 4.69) is 39.3 Å². The van der Waals surface area contributed by atoms with Gasteiger partial charge in [0.2, 0.25) is 0 Å². The maximum atomic E-state index is 11.9. The van der Waals surface area contributed by atoms with Gasteiger partial charge in [0.15, 0.2) is 13.2 Å². The second-order valence-corrected chi connectivity index (χ2v) is 7.92. The van der Waals surface area contributed by atoms with Crippen molar-refractivity contribution in [3.05, 3.63) is 100 Å². The number of aromatic nitrogens is 1. The van der Waals surface area contributed by atoms with Crippen molar-refractivity contribution in [2.24, 2.45) is 11.5 Å². The zero-order valence-electron chi connectivity index (χ0n) is 20.8. The summed E-state index contributed by atoms with van der Waals surface area (Å²) in [5.41, 5.74) is 16.0. The van der Waals surface area contributed by atoms with Gasteiger partial charge < -0.3 is 31.6 Å². The highest BCUT2D eigenvalue weighted by Gasteiger charge is 2.03. The molecule has 0 fully saturated rings. The summed E-state index contributed by atoms with van der Waals surface area (Å²) in [6.45, 7) is 1.35. The monoisotopic (exact) mass is 511 g/mol. The molecule has 0 unspecified atom stereocenters. The highest BCUT2D eigenvalue weighted by molar-refractivity contribution is 5.67. The Labute approximate surface area is 221 Å². The fraction of sp³-hybridized carbons (Fsp3) is 0.207. The van der Waals surface area contributed by atoms with Crippen LogP contribution in [-0.4, -0.2) is 30.4 Å². The largest absolute Gasteiger partial charge is 0.436 e. The molecule has 1 aromatic heterocycles. The summed E-state index contributed by atoms with van der Waals surface area (Å²) >= 11 is 0. The summed E-state index contributed by atoms with van der Waals surface area (Å²) in [4.78, 5) is 28.0. The first-order valence-corrected chi connectivity index (χ1v) is 11.9. The molecule has 38 heavy (non-hydrogen) atoms. The number of hydrogen-bond donors (Lipinski definition) is 4. The minimum atomic E-state index is -0.571. The Bertz CT molecular complexity index is 1270. The predicted octanol–water partition coefficient (Wildman–Crippen LogP) is 2.55. The van der Waals surface area contributed by atoms with Crippen LogP contribution in [0.2, 0.25) is 0 Å². The number of ether oxygens (including phenoxy) is 2. The summed E-state index contributed by atoms with van der Waals surface area (Å²) in [5, 5.41) is 5.33.